The van der Waals surface area contributed by atoms with Crippen molar-refractivity contribution in [1.29, 1.82) is 0 Å². The Morgan fingerprint density at radius 1 is 1.25 bits per heavy atom. The number of piperazine rings is 1. The van der Waals surface area contributed by atoms with Gasteiger partial charge in [0.1, 0.15) is 6.54 Å². The number of Topliss-reactive ketones (excluding diaryl/α,β-unsaturated/α-hetero) is 1. The van der Waals surface area contributed by atoms with E-state index >= 15 is 0 Å². The van der Waals surface area contributed by atoms with E-state index < -0.39 is 0 Å². The van der Waals surface area contributed by atoms with Gasteiger partial charge in [-0.25, -0.2) is 0 Å². The summed E-state index contributed by atoms with van der Waals surface area (Å²) < 4.78 is 0. The van der Waals surface area contributed by atoms with Gasteiger partial charge < -0.3 is 15.1 Å². The number of hydrogen-bond donors (Lipinski definition) is 1. The molecule has 106 valence electrons. The SMILES string of the molecule is CNCC(=O)c1cccc(N2CC(=O)N(C)CC2=O)c1. The molecule has 0 aliphatic carbocycles. The molecule has 1 aromatic carbocycles. The van der Waals surface area contributed by atoms with Crippen molar-refractivity contribution in [3.8, 4) is 0 Å². The van der Waals surface area contributed by atoms with Gasteiger partial charge in [-0.3, -0.25) is 14.4 Å². The maximum absolute atomic E-state index is 12.0. The topological polar surface area (TPSA) is 69.7 Å². The number of hydrogen-bond acceptors (Lipinski definition) is 4. The summed E-state index contributed by atoms with van der Waals surface area (Å²) in [5, 5.41) is 2.80. The van der Waals surface area contributed by atoms with Gasteiger partial charge in [0.25, 0.3) is 0 Å². The second-order valence-corrected chi connectivity index (χ2v) is 4.73. The normalized spacial score (nSPS) is 15.7. The van der Waals surface area contributed by atoms with Gasteiger partial charge in [-0.1, -0.05) is 12.1 Å². The molecule has 1 fully saturated rings. The van der Waals surface area contributed by atoms with E-state index in [1.807, 2.05) is 0 Å². The van der Waals surface area contributed by atoms with Gasteiger partial charge in [-0.2, -0.15) is 0 Å². The Morgan fingerprint density at radius 3 is 2.70 bits per heavy atom. The first-order valence-electron chi connectivity index (χ1n) is 6.35. The van der Waals surface area contributed by atoms with Gasteiger partial charge in [-0.15, -0.1) is 0 Å². The van der Waals surface area contributed by atoms with Crippen LogP contribution in [-0.2, 0) is 9.59 Å². The van der Waals surface area contributed by atoms with E-state index in [4.69, 9.17) is 0 Å². The van der Waals surface area contributed by atoms with Crippen LogP contribution in [0.15, 0.2) is 24.3 Å². The molecule has 1 N–H and O–H groups in total. The number of nitrogens with one attached hydrogen (secondary N) is 1. The summed E-state index contributed by atoms with van der Waals surface area (Å²) in [6, 6.07) is 6.79. The zero-order chi connectivity index (χ0) is 14.7. The van der Waals surface area contributed by atoms with Crippen molar-refractivity contribution < 1.29 is 14.4 Å². The van der Waals surface area contributed by atoms with E-state index in [-0.39, 0.29) is 37.2 Å². The van der Waals surface area contributed by atoms with E-state index in [9.17, 15) is 14.4 Å². The molecular weight excluding hydrogens is 258 g/mol. The van der Waals surface area contributed by atoms with Crippen molar-refractivity contribution >= 4 is 23.3 Å². The Bertz CT molecular complexity index is 556. The number of benzene rings is 1. The zero-order valence-electron chi connectivity index (χ0n) is 11.5. The fraction of sp³-hybridized carbons (Fsp3) is 0.357. The summed E-state index contributed by atoms with van der Waals surface area (Å²) in [5.41, 5.74) is 1.11. The van der Waals surface area contributed by atoms with Crippen molar-refractivity contribution in [2.75, 3.05) is 38.6 Å². The van der Waals surface area contributed by atoms with E-state index in [0.29, 0.717) is 11.3 Å². The molecule has 1 aliphatic heterocycles. The first kappa shape index (κ1) is 14.2. The average molecular weight is 275 g/mol. The first-order chi connectivity index (χ1) is 9.52. The van der Waals surface area contributed by atoms with Crippen LogP contribution in [0, 0.1) is 0 Å². The molecule has 1 saturated heterocycles. The largest absolute Gasteiger partial charge is 0.335 e. The van der Waals surface area contributed by atoms with Gasteiger partial charge in [0, 0.05) is 18.3 Å². The lowest BCUT2D eigenvalue weighted by molar-refractivity contribution is -0.136. The minimum absolute atomic E-state index is 0.0129. The summed E-state index contributed by atoms with van der Waals surface area (Å²) in [6.45, 7) is 0.311. The van der Waals surface area contributed by atoms with Gasteiger partial charge in [0.2, 0.25) is 11.8 Å². The maximum atomic E-state index is 12.0. The molecule has 1 aromatic rings. The predicted octanol–water partition coefficient (Wildman–Crippen LogP) is -0.106. The Hall–Kier alpha value is -2.21. The van der Waals surface area contributed by atoms with Crippen LogP contribution < -0.4 is 10.2 Å². The summed E-state index contributed by atoms with van der Waals surface area (Å²) in [5.74, 6) is -0.316. The second kappa shape index (κ2) is 5.83. The molecule has 0 bridgehead atoms. The van der Waals surface area contributed by atoms with E-state index in [0.717, 1.165) is 0 Å². The molecule has 0 atom stereocenters. The third-order valence-electron chi connectivity index (χ3n) is 3.21. The number of rotatable bonds is 4. The van der Waals surface area contributed by atoms with Gasteiger partial charge >= 0.3 is 0 Å². The lowest BCUT2D eigenvalue weighted by Crippen LogP contribution is -2.52. The zero-order valence-corrected chi connectivity index (χ0v) is 11.5. The molecule has 0 saturated carbocycles. The number of ketones is 1. The van der Waals surface area contributed by atoms with E-state index in [1.54, 1.807) is 38.4 Å². The van der Waals surface area contributed by atoms with E-state index in [2.05, 4.69) is 5.32 Å². The lowest BCUT2D eigenvalue weighted by atomic mass is 10.1. The van der Waals surface area contributed by atoms with Crippen molar-refractivity contribution in [2.45, 2.75) is 0 Å². The van der Waals surface area contributed by atoms with Crippen LogP contribution >= 0.6 is 0 Å². The number of anilines is 1. The fourth-order valence-electron chi connectivity index (χ4n) is 2.07. The summed E-state index contributed by atoms with van der Waals surface area (Å²) in [6.07, 6.45) is 0. The highest BCUT2D eigenvalue weighted by Gasteiger charge is 2.28. The second-order valence-electron chi connectivity index (χ2n) is 4.73. The molecule has 0 unspecified atom stereocenters. The maximum Gasteiger partial charge on any atom is 0.247 e. The minimum atomic E-state index is -0.148. The average Bonchev–Trinajstić information content (AvgIpc) is 2.43. The highest BCUT2D eigenvalue weighted by atomic mass is 16.2. The van der Waals surface area contributed by atoms with Crippen LogP contribution in [0.1, 0.15) is 10.4 Å². The molecular formula is C14H17N3O3. The first-order valence-corrected chi connectivity index (χ1v) is 6.35. The van der Waals surface area contributed by atoms with Gasteiger partial charge in [-0.05, 0) is 19.2 Å². The van der Waals surface area contributed by atoms with Gasteiger partial charge in [0.15, 0.2) is 5.78 Å². The summed E-state index contributed by atoms with van der Waals surface area (Å²) in [4.78, 5) is 38.3. The van der Waals surface area contributed by atoms with E-state index in [1.165, 1.54) is 9.80 Å². The lowest BCUT2D eigenvalue weighted by Gasteiger charge is -2.31. The third kappa shape index (κ3) is 2.85. The molecule has 1 heterocycles. The molecule has 6 nitrogen and oxygen atoms in total. The molecule has 0 radical (unpaired) electrons. The molecule has 2 rings (SSSR count). The van der Waals surface area contributed by atoms with Crippen LogP contribution in [0.25, 0.3) is 0 Å². The van der Waals surface area contributed by atoms with Crippen LogP contribution in [0.5, 0.6) is 0 Å². The molecule has 0 spiro atoms. The van der Waals surface area contributed by atoms with Crippen molar-refractivity contribution in [2.24, 2.45) is 0 Å². The highest BCUT2D eigenvalue weighted by Crippen LogP contribution is 2.19. The molecule has 2 amide bonds. The Kier molecular flexibility index (Phi) is 4.14. The van der Waals surface area contributed by atoms with Crippen molar-refractivity contribution in [1.82, 2.24) is 10.2 Å². The Balaban J connectivity index is 2.24. The van der Waals surface area contributed by atoms with Crippen LogP contribution in [0.2, 0.25) is 0 Å². The fourth-order valence-corrected chi connectivity index (χ4v) is 2.07. The van der Waals surface area contributed by atoms with Crippen LogP contribution in [0.3, 0.4) is 0 Å². The minimum Gasteiger partial charge on any atom is -0.335 e. The monoisotopic (exact) mass is 275 g/mol. The van der Waals surface area contributed by atoms with Crippen molar-refractivity contribution in [3.05, 3.63) is 29.8 Å². The highest BCUT2D eigenvalue weighted by molar-refractivity contribution is 6.05. The van der Waals surface area contributed by atoms with Crippen molar-refractivity contribution in [3.63, 3.8) is 0 Å². The Labute approximate surface area is 117 Å². The summed E-state index contributed by atoms with van der Waals surface area (Å²) >= 11 is 0. The Morgan fingerprint density at radius 2 is 2.00 bits per heavy atom. The van der Waals surface area contributed by atoms with Crippen LogP contribution in [0.4, 0.5) is 5.69 Å². The number of carbonyl (C=O) groups excluding carboxylic acids is 3. The number of likely N-dealkylation sites (N-methyl/N-ethyl adjacent to an activating group) is 2. The number of amides is 2. The number of carbonyl (C=O) groups is 3. The third-order valence-corrected chi connectivity index (χ3v) is 3.21. The molecule has 0 aromatic heterocycles. The standard InChI is InChI=1S/C14H17N3O3/c1-15-7-12(18)10-4-3-5-11(6-10)17-9-13(19)16(2)8-14(17)20/h3-6,15H,7-9H2,1-2H3. The molecule has 6 heteroatoms. The molecule has 20 heavy (non-hydrogen) atoms. The quantitative estimate of drug-likeness (QED) is 0.779. The summed E-state index contributed by atoms with van der Waals surface area (Å²) in [7, 11) is 3.30. The smallest absolute Gasteiger partial charge is 0.247 e. The van der Waals surface area contributed by atoms with Gasteiger partial charge in [0.05, 0.1) is 13.1 Å². The van der Waals surface area contributed by atoms with Crippen LogP contribution in [-0.4, -0.2) is 56.2 Å². The molecule has 1 aliphatic rings. The number of nitrogens with zero attached hydrogens (tertiary/aromatic N) is 2. The predicted molar refractivity (Wildman–Crippen MR) is 74.7 cm³/mol.